The third-order valence-corrected chi connectivity index (χ3v) is 4.26. The molecule has 2 N–H and O–H groups in total. The molecule has 0 spiro atoms. The minimum absolute atomic E-state index is 0.0897. The maximum Gasteiger partial charge on any atom is 0.263 e. The van der Waals surface area contributed by atoms with Crippen LogP contribution >= 0.6 is 15.9 Å². The van der Waals surface area contributed by atoms with E-state index in [1.165, 1.54) is 12.1 Å². The van der Waals surface area contributed by atoms with Crippen LogP contribution in [-0.4, -0.2) is 13.4 Å². The molecule has 2 rings (SSSR count). The lowest BCUT2D eigenvalue weighted by Gasteiger charge is -2.08. The average Bonchev–Trinajstić information content (AvgIpc) is 2.34. The second-order valence-corrected chi connectivity index (χ2v) is 6.16. The molecule has 0 aliphatic rings. The number of halogens is 2. The molecule has 0 saturated carbocycles. The van der Waals surface area contributed by atoms with Gasteiger partial charge in [-0.15, -0.1) is 0 Å². The van der Waals surface area contributed by atoms with E-state index in [4.69, 9.17) is 0 Å². The van der Waals surface area contributed by atoms with Crippen molar-refractivity contribution >= 4 is 31.6 Å². The number of pyridine rings is 1. The number of anilines is 1. The van der Waals surface area contributed by atoms with Crippen LogP contribution in [-0.2, 0) is 10.0 Å². The molecule has 0 bridgehead atoms. The molecule has 0 saturated heterocycles. The Morgan fingerprint density at radius 1 is 1.21 bits per heavy atom. The van der Waals surface area contributed by atoms with E-state index in [0.29, 0.717) is 0 Å². The van der Waals surface area contributed by atoms with Gasteiger partial charge in [0.1, 0.15) is 10.7 Å². The SMILES string of the molecule is O=c1ccc(S(=O)(=O)Nc2ccc(Br)c(F)c2)c[nH]1. The van der Waals surface area contributed by atoms with Gasteiger partial charge in [-0.2, -0.15) is 0 Å². The van der Waals surface area contributed by atoms with E-state index in [-0.39, 0.29) is 15.1 Å². The van der Waals surface area contributed by atoms with Gasteiger partial charge < -0.3 is 4.98 Å². The molecular formula is C11H8BrFN2O3S. The summed E-state index contributed by atoms with van der Waals surface area (Å²) in [7, 11) is -3.86. The fourth-order valence-corrected chi connectivity index (χ4v) is 2.60. The summed E-state index contributed by atoms with van der Waals surface area (Å²) in [6, 6.07) is 6.11. The summed E-state index contributed by atoms with van der Waals surface area (Å²) < 4.78 is 39.6. The van der Waals surface area contributed by atoms with Crippen molar-refractivity contribution < 1.29 is 12.8 Å². The van der Waals surface area contributed by atoms with E-state index in [1.54, 1.807) is 0 Å². The van der Waals surface area contributed by atoms with Gasteiger partial charge in [-0.05, 0) is 40.2 Å². The first-order valence-electron chi connectivity index (χ1n) is 5.05. The van der Waals surface area contributed by atoms with Crippen LogP contribution in [0, 0.1) is 5.82 Å². The van der Waals surface area contributed by atoms with Crippen LogP contribution in [0.2, 0.25) is 0 Å². The van der Waals surface area contributed by atoms with Gasteiger partial charge in [0.05, 0.1) is 10.2 Å². The van der Waals surface area contributed by atoms with Gasteiger partial charge in [-0.25, -0.2) is 12.8 Å². The highest BCUT2D eigenvalue weighted by Crippen LogP contribution is 2.21. The van der Waals surface area contributed by atoms with Gasteiger partial charge in [-0.1, -0.05) is 0 Å². The van der Waals surface area contributed by atoms with Crippen molar-refractivity contribution in [3.05, 3.63) is 57.2 Å². The van der Waals surface area contributed by atoms with Gasteiger partial charge in [0.2, 0.25) is 5.56 Å². The predicted molar refractivity (Wildman–Crippen MR) is 72.0 cm³/mol. The third kappa shape index (κ3) is 3.21. The Kier molecular flexibility index (Phi) is 3.72. The van der Waals surface area contributed by atoms with E-state index in [9.17, 15) is 17.6 Å². The minimum Gasteiger partial charge on any atom is -0.328 e. The summed E-state index contributed by atoms with van der Waals surface area (Å²) in [6.07, 6.45) is 1.07. The van der Waals surface area contributed by atoms with Gasteiger partial charge in [0.25, 0.3) is 10.0 Å². The van der Waals surface area contributed by atoms with Gasteiger partial charge in [0.15, 0.2) is 0 Å². The molecular weight excluding hydrogens is 339 g/mol. The fraction of sp³-hybridized carbons (Fsp3) is 0. The summed E-state index contributed by atoms with van der Waals surface area (Å²) in [6.45, 7) is 0. The van der Waals surface area contributed by atoms with Crippen molar-refractivity contribution in [2.75, 3.05) is 4.72 Å². The third-order valence-electron chi connectivity index (χ3n) is 2.24. The number of aromatic nitrogens is 1. The van der Waals surface area contributed by atoms with Crippen molar-refractivity contribution in [3.8, 4) is 0 Å². The monoisotopic (exact) mass is 346 g/mol. The lowest BCUT2D eigenvalue weighted by atomic mass is 10.3. The number of sulfonamides is 1. The standard InChI is InChI=1S/C11H8BrFN2O3S/c12-9-3-1-7(5-10(9)13)15-19(17,18)8-2-4-11(16)14-6-8/h1-6,15H,(H,14,16). The largest absolute Gasteiger partial charge is 0.328 e. The number of hydrogen-bond acceptors (Lipinski definition) is 3. The lowest BCUT2D eigenvalue weighted by molar-refractivity contribution is 0.600. The maximum absolute atomic E-state index is 13.3. The second kappa shape index (κ2) is 5.14. The molecule has 1 aromatic carbocycles. The highest BCUT2D eigenvalue weighted by Gasteiger charge is 2.14. The number of hydrogen-bond donors (Lipinski definition) is 2. The van der Waals surface area contributed by atoms with Crippen LogP contribution in [0.15, 0.2) is 50.7 Å². The molecule has 0 aliphatic carbocycles. The summed E-state index contributed by atoms with van der Waals surface area (Å²) >= 11 is 2.97. The summed E-state index contributed by atoms with van der Waals surface area (Å²) in [5.41, 5.74) is -0.319. The summed E-state index contributed by atoms with van der Waals surface area (Å²) in [5.74, 6) is -0.582. The second-order valence-electron chi connectivity index (χ2n) is 3.62. The number of rotatable bonds is 3. The van der Waals surface area contributed by atoms with Crippen molar-refractivity contribution in [1.29, 1.82) is 0 Å². The van der Waals surface area contributed by atoms with E-state index < -0.39 is 21.4 Å². The van der Waals surface area contributed by atoms with Crippen LogP contribution in [0.3, 0.4) is 0 Å². The maximum atomic E-state index is 13.3. The zero-order chi connectivity index (χ0) is 14.0. The molecule has 0 atom stereocenters. The predicted octanol–water partition coefficient (Wildman–Crippen LogP) is 2.08. The van der Waals surface area contributed by atoms with E-state index in [2.05, 4.69) is 25.6 Å². The first-order valence-corrected chi connectivity index (χ1v) is 7.33. The Hall–Kier alpha value is -1.67. The molecule has 8 heteroatoms. The topological polar surface area (TPSA) is 79.0 Å². The van der Waals surface area contributed by atoms with E-state index in [1.807, 2.05) is 0 Å². The first kappa shape index (κ1) is 13.8. The van der Waals surface area contributed by atoms with Crippen molar-refractivity contribution in [1.82, 2.24) is 4.98 Å². The Morgan fingerprint density at radius 3 is 2.53 bits per heavy atom. The zero-order valence-corrected chi connectivity index (χ0v) is 11.8. The van der Waals surface area contributed by atoms with Crippen molar-refractivity contribution in [2.45, 2.75) is 4.90 Å². The smallest absolute Gasteiger partial charge is 0.263 e. The average molecular weight is 347 g/mol. The van der Waals surface area contributed by atoms with Crippen molar-refractivity contribution in [2.24, 2.45) is 0 Å². The molecule has 0 amide bonds. The molecule has 5 nitrogen and oxygen atoms in total. The molecule has 19 heavy (non-hydrogen) atoms. The molecule has 0 aliphatic heterocycles. The van der Waals surface area contributed by atoms with Crippen LogP contribution < -0.4 is 10.3 Å². The summed E-state index contributed by atoms with van der Waals surface area (Å²) in [4.78, 5) is 13.0. The molecule has 0 fully saturated rings. The zero-order valence-electron chi connectivity index (χ0n) is 9.35. The Balaban J connectivity index is 2.33. The number of aromatic amines is 1. The highest BCUT2D eigenvalue weighted by atomic mass is 79.9. The molecule has 100 valence electrons. The Morgan fingerprint density at radius 2 is 1.95 bits per heavy atom. The van der Waals surface area contributed by atoms with Crippen LogP contribution in [0.1, 0.15) is 0 Å². The van der Waals surface area contributed by atoms with E-state index in [0.717, 1.165) is 24.4 Å². The van der Waals surface area contributed by atoms with Gasteiger partial charge >= 0.3 is 0 Å². The molecule has 0 radical (unpaired) electrons. The molecule has 1 heterocycles. The highest BCUT2D eigenvalue weighted by molar-refractivity contribution is 9.10. The van der Waals surface area contributed by atoms with Crippen LogP contribution in [0.5, 0.6) is 0 Å². The van der Waals surface area contributed by atoms with Crippen molar-refractivity contribution in [3.63, 3.8) is 0 Å². The van der Waals surface area contributed by atoms with Crippen LogP contribution in [0.4, 0.5) is 10.1 Å². The van der Waals surface area contributed by atoms with Crippen LogP contribution in [0.25, 0.3) is 0 Å². The Labute approximate surface area is 116 Å². The number of nitrogens with one attached hydrogen (secondary N) is 2. The quantitative estimate of drug-likeness (QED) is 0.892. The van der Waals surface area contributed by atoms with E-state index >= 15 is 0 Å². The fourth-order valence-electron chi connectivity index (χ4n) is 1.34. The summed E-state index contributed by atoms with van der Waals surface area (Å²) in [5, 5.41) is 0. The molecule has 1 aromatic heterocycles. The molecule has 2 aromatic rings. The first-order chi connectivity index (χ1) is 8.88. The van der Waals surface area contributed by atoms with Gasteiger partial charge in [-0.3, -0.25) is 9.52 Å². The number of benzene rings is 1. The Bertz CT molecular complexity index is 753. The lowest BCUT2D eigenvalue weighted by Crippen LogP contribution is -2.15. The van der Waals surface area contributed by atoms with Gasteiger partial charge in [0, 0.05) is 12.3 Å². The molecule has 0 unspecified atom stereocenters. The number of H-pyrrole nitrogens is 1. The minimum atomic E-state index is -3.86. The normalized spacial score (nSPS) is 11.3.